The van der Waals surface area contributed by atoms with E-state index in [1.807, 2.05) is 0 Å². The van der Waals surface area contributed by atoms with Crippen LogP contribution in [0.15, 0.2) is 72.9 Å². The molecule has 0 aliphatic carbocycles. The molecule has 0 aliphatic heterocycles. The number of rotatable bonds is 25. The first-order chi connectivity index (χ1) is 20.7. The maximum Gasteiger partial charge on any atom is 0.0657 e. The summed E-state index contributed by atoms with van der Waals surface area (Å²) in [6.07, 6.45) is 39.8. The predicted molar refractivity (Wildman–Crippen MR) is 198 cm³/mol. The van der Waals surface area contributed by atoms with Crippen LogP contribution in [0.3, 0.4) is 0 Å². The van der Waals surface area contributed by atoms with Crippen LogP contribution >= 0.6 is 0 Å². The Morgan fingerprint density at radius 3 is 1.39 bits per heavy atom. The van der Waals surface area contributed by atoms with Gasteiger partial charge in [-0.2, -0.15) is 0 Å². The average molecular weight is 611 g/mol. The molecule has 0 amide bonds. The third kappa shape index (κ3) is 25.7. The van der Waals surface area contributed by atoms with Crippen LogP contribution in [0.5, 0.6) is 0 Å². The van der Waals surface area contributed by atoms with Crippen molar-refractivity contribution in [2.75, 3.05) is 14.2 Å². The summed E-state index contributed by atoms with van der Waals surface area (Å²) in [5, 5.41) is 0. The van der Waals surface area contributed by atoms with Crippen LogP contribution in [-0.4, -0.2) is 25.4 Å². The Kier molecular flexibility index (Phi) is 23.7. The lowest BCUT2D eigenvalue weighted by Gasteiger charge is -2.20. The first kappa shape index (κ1) is 42.4. The van der Waals surface area contributed by atoms with Crippen molar-refractivity contribution in [2.45, 2.75) is 145 Å². The highest BCUT2D eigenvalue weighted by molar-refractivity contribution is 5.09. The third-order valence-corrected chi connectivity index (χ3v) is 8.85. The SMILES string of the molecule is COC(C)(C)C/C=C\C(C)CCCC(C)CCCC(C)/C=C/C=C/C(C)/C=C/CC(C)/C=C/CC(C)/C=C/CC(C)(C)OC. The van der Waals surface area contributed by atoms with Crippen molar-refractivity contribution in [3.05, 3.63) is 72.9 Å². The van der Waals surface area contributed by atoms with Gasteiger partial charge in [0.2, 0.25) is 0 Å². The normalized spacial score (nSPS) is 18.0. The molecule has 0 aromatic rings. The van der Waals surface area contributed by atoms with Crippen LogP contribution in [0.4, 0.5) is 0 Å². The fourth-order valence-electron chi connectivity index (χ4n) is 5.00. The molecule has 0 aliphatic rings. The molecule has 44 heavy (non-hydrogen) atoms. The van der Waals surface area contributed by atoms with Gasteiger partial charge in [-0.1, -0.05) is 140 Å². The molecule has 0 saturated heterocycles. The fraction of sp³-hybridized carbons (Fsp3) is 0.714. The van der Waals surface area contributed by atoms with Crippen LogP contribution in [0.25, 0.3) is 0 Å². The van der Waals surface area contributed by atoms with E-state index >= 15 is 0 Å². The Labute approximate surface area is 276 Å². The lowest BCUT2D eigenvalue weighted by atomic mass is 9.92. The Morgan fingerprint density at radius 2 is 0.886 bits per heavy atom. The Balaban J connectivity index is 4.12. The topological polar surface area (TPSA) is 18.5 Å². The fourth-order valence-corrected chi connectivity index (χ4v) is 5.00. The summed E-state index contributed by atoms with van der Waals surface area (Å²) in [4.78, 5) is 0. The predicted octanol–water partition coefficient (Wildman–Crippen LogP) is 12.9. The van der Waals surface area contributed by atoms with Crippen molar-refractivity contribution in [3.63, 3.8) is 0 Å². The van der Waals surface area contributed by atoms with Gasteiger partial charge in [0.15, 0.2) is 0 Å². The summed E-state index contributed by atoms with van der Waals surface area (Å²) in [6, 6.07) is 0. The maximum atomic E-state index is 5.50. The second kappa shape index (κ2) is 24.6. The number of methoxy groups -OCH3 is 2. The minimum absolute atomic E-state index is 0.0551. The number of ether oxygens (including phenoxy) is 2. The summed E-state index contributed by atoms with van der Waals surface area (Å²) in [5.74, 6) is 3.71. The molecule has 2 nitrogen and oxygen atoms in total. The molecule has 2 heteroatoms. The summed E-state index contributed by atoms with van der Waals surface area (Å²) in [6.45, 7) is 22.5. The summed E-state index contributed by atoms with van der Waals surface area (Å²) < 4.78 is 11.0. The highest BCUT2D eigenvalue weighted by Gasteiger charge is 2.14. The van der Waals surface area contributed by atoms with E-state index in [2.05, 4.69) is 142 Å². The van der Waals surface area contributed by atoms with E-state index in [0.29, 0.717) is 29.6 Å². The van der Waals surface area contributed by atoms with Gasteiger partial charge in [0.25, 0.3) is 0 Å². The van der Waals surface area contributed by atoms with Crippen molar-refractivity contribution in [1.29, 1.82) is 0 Å². The lowest BCUT2D eigenvalue weighted by Crippen LogP contribution is -2.20. The highest BCUT2D eigenvalue weighted by Crippen LogP contribution is 2.21. The first-order valence-electron chi connectivity index (χ1n) is 17.8. The van der Waals surface area contributed by atoms with Gasteiger partial charge in [-0.15, -0.1) is 0 Å². The minimum Gasteiger partial charge on any atom is -0.378 e. The zero-order valence-electron chi connectivity index (χ0n) is 31.3. The van der Waals surface area contributed by atoms with Gasteiger partial charge >= 0.3 is 0 Å². The minimum atomic E-state index is -0.0763. The van der Waals surface area contributed by atoms with Crippen LogP contribution in [0.2, 0.25) is 0 Å². The van der Waals surface area contributed by atoms with E-state index in [-0.39, 0.29) is 11.2 Å². The zero-order valence-corrected chi connectivity index (χ0v) is 31.3. The highest BCUT2D eigenvalue weighted by atomic mass is 16.5. The van der Waals surface area contributed by atoms with E-state index < -0.39 is 0 Å². The molecular weight excluding hydrogens is 536 g/mol. The molecule has 0 fully saturated rings. The molecule has 0 bridgehead atoms. The van der Waals surface area contributed by atoms with Gasteiger partial charge < -0.3 is 9.47 Å². The van der Waals surface area contributed by atoms with Gasteiger partial charge in [0, 0.05) is 14.2 Å². The lowest BCUT2D eigenvalue weighted by molar-refractivity contribution is 0.0251. The van der Waals surface area contributed by atoms with Crippen LogP contribution in [-0.2, 0) is 9.47 Å². The molecular formula is C42H74O2. The number of hydrogen-bond acceptors (Lipinski definition) is 2. The Morgan fingerprint density at radius 1 is 0.477 bits per heavy atom. The van der Waals surface area contributed by atoms with Crippen LogP contribution in [0.1, 0.15) is 133 Å². The quantitative estimate of drug-likeness (QED) is 0.0756. The van der Waals surface area contributed by atoms with E-state index in [0.717, 1.165) is 31.6 Å². The van der Waals surface area contributed by atoms with Crippen molar-refractivity contribution >= 4 is 0 Å². The molecule has 0 spiro atoms. The van der Waals surface area contributed by atoms with E-state index in [4.69, 9.17) is 9.47 Å². The zero-order chi connectivity index (χ0) is 33.4. The van der Waals surface area contributed by atoms with Crippen molar-refractivity contribution < 1.29 is 9.47 Å². The maximum absolute atomic E-state index is 5.50. The standard InChI is InChI=1S/C42H74O2/c1-35(23-15-25-37(3)27-17-29-39(5)31-19-33-41(7,8)43-11)21-13-14-22-36(2)24-16-26-38(4)28-18-30-40(6)32-20-34-42(9,10)44-12/h13-15,17,19-23,27,31-32,35-40H,16,18,24-26,28-30,33-34H2,1-12H3/b21-13+,22-14+,23-15+,27-17+,31-19+,32-20-. The average Bonchev–Trinajstić information content (AvgIpc) is 2.95. The van der Waals surface area contributed by atoms with Crippen LogP contribution in [0, 0.1) is 35.5 Å². The molecule has 6 atom stereocenters. The molecule has 0 radical (unpaired) electrons. The largest absolute Gasteiger partial charge is 0.378 e. The van der Waals surface area contributed by atoms with Gasteiger partial charge in [-0.25, -0.2) is 0 Å². The first-order valence-corrected chi connectivity index (χ1v) is 17.8. The molecule has 0 rings (SSSR count). The van der Waals surface area contributed by atoms with E-state index in [1.165, 1.54) is 38.5 Å². The Bertz CT molecular complexity index is 868. The van der Waals surface area contributed by atoms with Gasteiger partial charge in [-0.05, 0) is 102 Å². The summed E-state index contributed by atoms with van der Waals surface area (Å²) in [7, 11) is 3.58. The summed E-state index contributed by atoms with van der Waals surface area (Å²) in [5.41, 5.74) is -0.131. The molecule has 6 unspecified atom stereocenters. The molecule has 254 valence electrons. The second-order valence-electron chi connectivity index (χ2n) is 15.0. The third-order valence-electron chi connectivity index (χ3n) is 8.85. The molecule has 0 aromatic heterocycles. The van der Waals surface area contributed by atoms with Crippen molar-refractivity contribution in [1.82, 2.24) is 0 Å². The smallest absolute Gasteiger partial charge is 0.0657 e. The summed E-state index contributed by atoms with van der Waals surface area (Å²) >= 11 is 0. The molecule has 0 aromatic carbocycles. The second-order valence-corrected chi connectivity index (χ2v) is 15.0. The van der Waals surface area contributed by atoms with E-state index in [9.17, 15) is 0 Å². The van der Waals surface area contributed by atoms with Crippen LogP contribution < -0.4 is 0 Å². The number of allylic oxidation sites excluding steroid dienone is 10. The van der Waals surface area contributed by atoms with Gasteiger partial charge in [0.1, 0.15) is 0 Å². The molecule has 0 heterocycles. The molecule has 0 saturated carbocycles. The molecule has 0 N–H and O–H groups in total. The van der Waals surface area contributed by atoms with E-state index in [1.54, 1.807) is 14.2 Å². The van der Waals surface area contributed by atoms with Crippen molar-refractivity contribution in [3.8, 4) is 0 Å². The van der Waals surface area contributed by atoms with Crippen molar-refractivity contribution in [2.24, 2.45) is 35.5 Å². The van der Waals surface area contributed by atoms with Gasteiger partial charge in [0.05, 0.1) is 11.2 Å². The Hall–Kier alpha value is -1.64. The monoisotopic (exact) mass is 611 g/mol. The van der Waals surface area contributed by atoms with Gasteiger partial charge in [-0.3, -0.25) is 0 Å². The number of hydrogen-bond donors (Lipinski definition) is 0.